The van der Waals surface area contributed by atoms with Crippen LogP contribution in [0.5, 0.6) is 0 Å². The Morgan fingerprint density at radius 2 is 2.18 bits per heavy atom. The summed E-state index contributed by atoms with van der Waals surface area (Å²) in [5.41, 5.74) is 6.58. The topological polar surface area (TPSA) is 80.5 Å². The van der Waals surface area contributed by atoms with Crippen LogP contribution < -0.4 is 5.73 Å². The van der Waals surface area contributed by atoms with Gasteiger partial charge in [-0.1, -0.05) is 6.92 Å². The molecule has 1 aliphatic heterocycles. The molecule has 7 heteroatoms. The SMILES string of the molecule is Cc1sc(C(=O)N2CCCC(C)C2CN)cc1CS(C)(=O)=O. The van der Waals surface area contributed by atoms with E-state index in [1.165, 1.54) is 17.6 Å². The summed E-state index contributed by atoms with van der Waals surface area (Å²) in [6.45, 7) is 5.18. The molecule has 22 heavy (non-hydrogen) atoms. The number of hydrogen-bond donors (Lipinski definition) is 1. The van der Waals surface area contributed by atoms with Gasteiger partial charge in [0.1, 0.15) is 0 Å². The van der Waals surface area contributed by atoms with Gasteiger partial charge >= 0.3 is 0 Å². The van der Waals surface area contributed by atoms with E-state index in [-0.39, 0.29) is 17.7 Å². The van der Waals surface area contributed by atoms with Crippen LogP contribution in [-0.2, 0) is 15.6 Å². The van der Waals surface area contributed by atoms with Crippen molar-refractivity contribution in [2.24, 2.45) is 11.7 Å². The lowest BCUT2D eigenvalue weighted by atomic mass is 9.90. The van der Waals surface area contributed by atoms with Crippen LogP contribution in [0.2, 0.25) is 0 Å². The standard InChI is InChI=1S/C15H24N2O3S2/c1-10-5-4-6-17(13(10)8-16)15(18)14-7-12(11(2)21-14)9-22(3,19)20/h7,10,13H,4-6,8-9,16H2,1-3H3. The fourth-order valence-electron chi connectivity index (χ4n) is 3.05. The van der Waals surface area contributed by atoms with Crippen molar-refractivity contribution in [2.75, 3.05) is 19.3 Å². The molecule has 2 heterocycles. The molecule has 2 N–H and O–H groups in total. The zero-order valence-corrected chi connectivity index (χ0v) is 15.0. The zero-order chi connectivity index (χ0) is 16.5. The van der Waals surface area contributed by atoms with Gasteiger partial charge in [-0.05, 0) is 37.3 Å². The van der Waals surface area contributed by atoms with Crippen molar-refractivity contribution in [3.05, 3.63) is 21.4 Å². The van der Waals surface area contributed by atoms with Crippen molar-refractivity contribution in [2.45, 2.75) is 38.5 Å². The molecule has 0 aliphatic carbocycles. The van der Waals surface area contributed by atoms with E-state index < -0.39 is 9.84 Å². The van der Waals surface area contributed by atoms with Gasteiger partial charge in [0.05, 0.1) is 10.6 Å². The highest BCUT2D eigenvalue weighted by Gasteiger charge is 2.32. The normalized spacial score (nSPS) is 22.8. The first kappa shape index (κ1) is 17.4. The van der Waals surface area contributed by atoms with Crippen LogP contribution in [0.15, 0.2) is 6.07 Å². The Balaban J connectivity index is 2.24. The number of hydrogen-bond acceptors (Lipinski definition) is 5. The zero-order valence-electron chi connectivity index (χ0n) is 13.3. The Labute approximate surface area is 136 Å². The maximum atomic E-state index is 12.8. The summed E-state index contributed by atoms with van der Waals surface area (Å²) >= 11 is 1.37. The number of nitrogens with two attached hydrogens (primary N) is 1. The fourth-order valence-corrected chi connectivity index (χ4v) is 5.01. The third-order valence-corrected chi connectivity index (χ3v) is 6.18. The van der Waals surface area contributed by atoms with Crippen molar-refractivity contribution in [1.29, 1.82) is 0 Å². The highest BCUT2D eigenvalue weighted by atomic mass is 32.2. The van der Waals surface area contributed by atoms with Crippen LogP contribution in [0.1, 0.15) is 39.9 Å². The molecule has 1 amide bonds. The van der Waals surface area contributed by atoms with E-state index in [9.17, 15) is 13.2 Å². The summed E-state index contributed by atoms with van der Waals surface area (Å²) in [7, 11) is -3.10. The van der Waals surface area contributed by atoms with Crippen molar-refractivity contribution in [1.82, 2.24) is 4.90 Å². The molecule has 5 nitrogen and oxygen atoms in total. The summed E-state index contributed by atoms with van der Waals surface area (Å²) < 4.78 is 22.9. The van der Waals surface area contributed by atoms with Gasteiger partial charge in [0.25, 0.3) is 5.91 Å². The average Bonchev–Trinajstić information content (AvgIpc) is 2.77. The third-order valence-electron chi connectivity index (χ3n) is 4.27. The summed E-state index contributed by atoms with van der Waals surface area (Å²) in [4.78, 5) is 16.1. The average molecular weight is 345 g/mol. The molecule has 0 radical (unpaired) electrons. The number of carbonyl (C=O) groups is 1. The van der Waals surface area contributed by atoms with Gasteiger partial charge in [-0.25, -0.2) is 8.42 Å². The smallest absolute Gasteiger partial charge is 0.264 e. The molecule has 1 fully saturated rings. The predicted octanol–water partition coefficient (Wildman–Crippen LogP) is 1.80. The Bertz CT molecular complexity index is 652. The Morgan fingerprint density at radius 1 is 1.50 bits per heavy atom. The van der Waals surface area contributed by atoms with E-state index in [0.717, 1.165) is 29.8 Å². The second-order valence-corrected chi connectivity index (χ2v) is 9.58. The lowest BCUT2D eigenvalue weighted by Crippen LogP contribution is -2.51. The second kappa shape index (κ2) is 6.68. The van der Waals surface area contributed by atoms with Gasteiger partial charge in [-0.15, -0.1) is 11.3 Å². The van der Waals surface area contributed by atoms with Crippen LogP contribution in [0.3, 0.4) is 0 Å². The maximum Gasteiger partial charge on any atom is 0.264 e. The van der Waals surface area contributed by atoms with Gasteiger partial charge in [0.2, 0.25) is 0 Å². The molecule has 1 aromatic rings. The molecular weight excluding hydrogens is 320 g/mol. The minimum atomic E-state index is -3.10. The highest BCUT2D eigenvalue weighted by molar-refractivity contribution is 7.89. The minimum absolute atomic E-state index is 0.0146. The molecule has 2 rings (SSSR count). The van der Waals surface area contributed by atoms with Crippen molar-refractivity contribution < 1.29 is 13.2 Å². The largest absolute Gasteiger partial charge is 0.333 e. The molecular formula is C15H24N2O3S2. The van der Waals surface area contributed by atoms with E-state index in [1.54, 1.807) is 6.07 Å². The lowest BCUT2D eigenvalue weighted by Gasteiger charge is -2.39. The molecule has 2 atom stereocenters. The van der Waals surface area contributed by atoms with Crippen LogP contribution in [0.4, 0.5) is 0 Å². The first-order valence-corrected chi connectivity index (χ1v) is 10.4. The molecule has 1 aromatic heterocycles. The van der Waals surface area contributed by atoms with E-state index in [1.807, 2.05) is 11.8 Å². The van der Waals surface area contributed by atoms with Gasteiger partial charge < -0.3 is 10.6 Å². The van der Waals surface area contributed by atoms with Crippen LogP contribution >= 0.6 is 11.3 Å². The number of nitrogens with zero attached hydrogens (tertiary/aromatic N) is 1. The van der Waals surface area contributed by atoms with Crippen molar-refractivity contribution in [3.8, 4) is 0 Å². The number of amides is 1. The first-order chi connectivity index (χ1) is 10.2. The summed E-state index contributed by atoms with van der Waals surface area (Å²) in [6.07, 6.45) is 3.29. The Kier molecular flexibility index (Phi) is 5.29. The monoisotopic (exact) mass is 344 g/mol. The van der Waals surface area contributed by atoms with Gasteiger partial charge in [0, 0.05) is 30.3 Å². The number of rotatable bonds is 4. The van der Waals surface area contributed by atoms with E-state index in [0.29, 0.717) is 17.3 Å². The summed E-state index contributed by atoms with van der Waals surface area (Å²) in [5.74, 6) is 0.369. The molecule has 0 saturated carbocycles. The lowest BCUT2D eigenvalue weighted by molar-refractivity contribution is 0.0537. The maximum absolute atomic E-state index is 12.8. The summed E-state index contributed by atoms with van der Waals surface area (Å²) in [5, 5.41) is 0. The summed E-state index contributed by atoms with van der Waals surface area (Å²) in [6, 6.07) is 1.80. The Morgan fingerprint density at radius 3 is 2.77 bits per heavy atom. The third kappa shape index (κ3) is 3.88. The molecule has 124 valence electrons. The highest BCUT2D eigenvalue weighted by Crippen LogP contribution is 2.29. The number of aryl methyl sites for hydroxylation is 1. The first-order valence-electron chi connectivity index (χ1n) is 7.51. The minimum Gasteiger partial charge on any atom is -0.333 e. The van der Waals surface area contributed by atoms with Gasteiger partial charge in [-0.3, -0.25) is 4.79 Å². The molecule has 1 aliphatic rings. The van der Waals surface area contributed by atoms with Crippen LogP contribution in [0.25, 0.3) is 0 Å². The molecule has 0 spiro atoms. The predicted molar refractivity (Wildman–Crippen MR) is 89.9 cm³/mol. The van der Waals surface area contributed by atoms with E-state index in [2.05, 4.69) is 6.92 Å². The van der Waals surface area contributed by atoms with Gasteiger partial charge in [0.15, 0.2) is 9.84 Å². The number of thiophene rings is 1. The number of likely N-dealkylation sites (tertiary alicyclic amines) is 1. The quantitative estimate of drug-likeness (QED) is 0.903. The van der Waals surface area contributed by atoms with E-state index >= 15 is 0 Å². The number of piperidine rings is 1. The second-order valence-electron chi connectivity index (χ2n) is 6.18. The van der Waals surface area contributed by atoms with Crippen LogP contribution in [-0.4, -0.2) is 44.6 Å². The number of carbonyl (C=O) groups excluding carboxylic acids is 1. The molecule has 0 bridgehead atoms. The molecule has 2 unspecified atom stereocenters. The van der Waals surface area contributed by atoms with E-state index in [4.69, 9.17) is 5.73 Å². The van der Waals surface area contributed by atoms with Crippen LogP contribution in [0, 0.1) is 12.8 Å². The van der Waals surface area contributed by atoms with Gasteiger partial charge in [-0.2, -0.15) is 0 Å². The van der Waals surface area contributed by atoms with Crippen molar-refractivity contribution in [3.63, 3.8) is 0 Å². The molecule has 0 aromatic carbocycles. The fraction of sp³-hybridized carbons (Fsp3) is 0.667. The molecule has 1 saturated heterocycles. The Hall–Kier alpha value is -0.920. The number of sulfone groups is 1. The van der Waals surface area contributed by atoms with Crippen molar-refractivity contribution >= 4 is 27.1 Å².